The first-order valence-corrected chi connectivity index (χ1v) is 6.91. The van der Waals surface area contributed by atoms with Crippen LogP contribution in [0.1, 0.15) is 35.7 Å². The van der Waals surface area contributed by atoms with Gasteiger partial charge in [0.05, 0.1) is 5.56 Å². The standard InChI is InChI=1S/C15H21FN2O.ClH/c1-3-8-18(12-6-7-17-10-12)15(19)13-9-11(2)4-5-14(13)16;/h4-5,9,12,17H,3,6-8,10H2,1-2H3;1H. The van der Waals surface area contributed by atoms with Crippen molar-refractivity contribution in [3.05, 3.63) is 35.1 Å². The highest BCUT2D eigenvalue weighted by molar-refractivity contribution is 5.95. The predicted octanol–water partition coefficient (Wildman–Crippen LogP) is 2.77. The third-order valence-electron chi connectivity index (χ3n) is 3.55. The molecule has 1 fully saturated rings. The van der Waals surface area contributed by atoms with Crippen LogP contribution >= 0.6 is 12.4 Å². The second kappa shape index (κ2) is 7.60. The van der Waals surface area contributed by atoms with Gasteiger partial charge in [-0.3, -0.25) is 4.79 Å². The minimum absolute atomic E-state index is 0. The van der Waals surface area contributed by atoms with E-state index in [0.29, 0.717) is 6.54 Å². The Kier molecular flexibility index (Phi) is 6.43. The first kappa shape index (κ1) is 16.9. The van der Waals surface area contributed by atoms with Crippen LogP contribution in [0.5, 0.6) is 0 Å². The molecule has 2 rings (SSSR count). The number of rotatable bonds is 4. The van der Waals surface area contributed by atoms with Crippen molar-refractivity contribution in [2.45, 2.75) is 32.7 Å². The summed E-state index contributed by atoms with van der Waals surface area (Å²) in [6.45, 7) is 6.32. The molecule has 20 heavy (non-hydrogen) atoms. The first-order valence-electron chi connectivity index (χ1n) is 6.91. The van der Waals surface area contributed by atoms with Gasteiger partial charge in [-0.1, -0.05) is 18.6 Å². The van der Waals surface area contributed by atoms with Gasteiger partial charge in [0.1, 0.15) is 5.82 Å². The molecule has 1 aromatic carbocycles. The van der Waals surface area contributed by atoms with Crippen LogP contribution in [0, 0.1) is 12.7 Å². The van der Waals surface area contributed by atoms with E-state index in [-0.39, 0.29) is 29.9 Å². The Morgan fingerprint density at radius 3 is 2.85 bits per heavy atom. The van der Waals surface area contributed by atoms with E-state index in [2.05, 4.69) is 5.32 Å². The van der Waals surface area contributed by atoms with Crippen LogP contribution in [0.2, 0.25) is 0 Å². The van der Waals surface area contributed by atoms with Gasteiger partial charge >= 0.3 is 0 Å². The van der Waals surface area contributed by atoms with Gasteiger partial charge in [0, 0.05) is 19.1 Å². The molecule has 0 bridgehead atoms. The van der Waals surface area contributed by atoms with Crippen molar-refractivity contribution in [3.63, 3.8) is 0 Å². The van der Waals surface area contributed by atoms with Gasteiger partial charge in [-0.2, -0.15) is 0 Å². The van der Waals surface area contributed by atoms with Crippen LogP contribution in [0.15, 0.2) is 18.2 Å². The monoisotopic (exact) mass is 300 g/mol. The van der Waals surface area contributed by atoms with E-state index in [1.165, 1.54) is 6.07 Å². The van der Waals surface area contributed by atoms with Crippen LogP contribution < -0.4 is 5.32 Å². The quantitative estimate of drug-likeness (QED) is 0.927. The maximum Gasteiger partial charge on any atom is 0.257 e. The lowest BCUT2D eigenvalue weighted by Gasteiger charge is -2.28. The molecule has 0 aromatic heterocycles. The lowest BCUT2D eigenvalue weighted by atomic mass is 10.1. The van der Waals surface area contributed by atoms with Crippen molar-refractivity contribution < 1.29 is 9.18 Å². The zero-order chi connectivity index (χ0) is 13.8. The minimum Gasteiger partial charge on any atom is -0.334 e. The zero-order valence-electron chi connectivity index (χ0n) is 12.0. The Morgan fingerprint density at radius 1 is 1.50 bits per heavy atom. The number of nitrogens with one attached hydrogen (secondary N) is 1. The fourth-order valence-corrected chi connectivity index (χ4v) is 2.55. The number of aryl methyl sites for hydroxylation is 1. The van der Waals surface area contributed by atoms with Crippen molar-refractivity contribution in [2.75, 3.05) is 19.6 Å². The number of nitrogens with zero attached hydrogens (tertiary/aromatic N) is 1. The van der Waals surface area contributed by atoms with E-state index in [0.717, 1.165) is 31.5 Å². The van der Waals surface area contributed by atoms with Gasteiger partial charge < -0.3 is 10.2 Å². The summed E-state index contributed by atoms with van der Waals surface area (Å²) in [6, 6.07) is 4.89. The summed E-state index contributed by atoms with van der Waals surface area (Å²) in [5.41, 5.74) is 1.10. The van der Waals surface area contributed by atoms with Crippen molar-refractivity contribution in [1.29, 1.82) is 0 Å². The Bertz CT molecular complexity index is 461. The third-order valence-corrected chi connectivity index (χ3v) is 3.55. The highest BCUT2D eigenvalue weighted by Crippen LogP contribution is 2.17. The van der Waals surface area contributed by atoms with Gasteiger partial charge in [0.2, 0.25) is 0 Å². The molecule has 112 valence electrons. The van der Waals surface area contributed by atoms with Crippen molar-refractivity contribution in [1.82, 2.24) is 10.2 Å². The smallest absolute Gasteiger partial charge is 0.257 e. The summed E-state index contributed by atoms with van der Waals surface area (Å²) in [6.07, 6.45) is 1.83. The van der Waals surface area contributed by atoms with Gasteiger partial charge in [0.25, 0.3) is 5.91 Å². The van der Waals surface area contributed by atoms with Gasteiger partial charge in [0.15, 0.2) is 0 Å². The van der Waals surface area contributed by atoms with E-state index in [1.54, 1.807) is 12.1 Å². The summed E-state index contributed by atoms with van der Waals surface area (Å²) in [4.78, 5) is 14.4. The van der Waals surface area contributed by atoms with Crippen molar-refractivity contribution >= 4 is 18.3 Å². The second-order valence-corrected chi connectivity index (χ2v) is 5.13. The normalized spacial score (nSPS) is 17.6. The molecule has 0 spiro atoms. The van der Waals surface area contributed by atoms with Crippen LogP contribution in [0.25, 0.3) is 0 Å². The Morgan fingerprint density at radius 2 is 2.25 bits per heavy atom. The Labute approximate surface area is 125 Å². The summed E-state index contributed by atoms with van der Waals surface area (Å²) < 4.78 is 13.8. The van der Waals surface area contributed by atoms with E-state index in [4.69, 9.17) is 0 Å². The van der Waals surface area contributed by atoms with Crippen LogP contribution in [0.3, 0.4) is 0 Å². The topological polar surface area (TPSA) is 32.3 Å². The fraction of sp³-hybridized carbons (Fsp3) is 0.533. The molecule has 0 saturated carbocycles. The molecule has 1 amide bonds. The zero-order valence-corrected chi connectivity index (χ0v) is 12.8. The van der Waals surface area contributed by atoms with E-state index >= 15 is 0 Å². The van der Waals surface area contributed by atoms with E-state index < -0.39 is 5.82 Å². The van der Waals surface area contributed by atoms with E-state index in [9.17, 15) is 9.18 Å². The summed E-state index contributed by atoms with van der Waals surface area (Å²) in [5.74, 6) is -0.612. The first-order chi connectivity index (χ1) is 9.13. The molecule has 1 aromatic rings. The van der Waals surface area contributed by atoms with Crippen molar-refractivity contribution in [3.8, 4) is 0 Å². The molecule has 1 aliphatic rings. The molecule has 1 unspecified atom stereocenters. The minimum atomic E-state index is -0.428. The highest BCUT2D eigenvalue weighted by atomic mass is 35.5. The number of hydrogen-bond acceptors (Lipinski definition) is 2. The summed E-state index contributed by atoms with van der Waals surface area (Å²) >= 11 is 0. The van der Waals surface area contributed by atoms with Crippen LogP contribution in [-0.2, 0) is 0 Å². The molecule has 1 heterocycles. The number of halogens is 2. The molecule has 1 atom stereocenters. The average Bonchev–Trinajstić information content (AvgIpc) is 2.92. The Hall–Kier alpha value is -1.13. The third kappa shape index (κ3) is 3.70. The van der Waals surface area contributed by atoms with Gasteiger partial charge in [-0.15, -0.1) is 12.4 Å². The van der Waals surface area contributed by atoms with Crippen molar-refractivity contribution in [2.24, 2.45) is 0 Å². The highest BCUT2D eigenvalue weighted by Gasteiger charge is 2.28. The Balaban J connectivity index is 0.00000200. The summed E-state index contributed by atoms with van der Waals surface area (Å²) in [5, 5.41) is 3.26. The summed E-state index contributed by atoms with van der Waals surface area (Å²) in [7, 11) is 0. The number of carbonyl (C=O) groups excluding carboxylic acids is 1. The molecular weight excluding hydrogens is 279 g/mol. The molecule has 3 nitrogen and oxygen atoms in total. The largest absolute Gasteiger partial charge is 0.334 e. The maximum atomic E-state index is 13.8. The van der Waals surface area contributed by atoms with E-state index in [1.807, 2.05) is 18.7 Å². The average molecular weight is 301 g/mol. The van der Waals surface area contributed by atoms with Gasteiger partial charge in [-0.25, -0.2) is 4.39 Å². The number of benzene rings is 1. The molecule has 1 saturated heterocycles. The van der Waals surface area contributed by atoms with Crippen LogP contribution in [-0.4, -0.2) is 36.5 Å². The number of hydrogen-bond donors (Lipinski definition) is 1. The molecule has 0 radical (unpaired) electrons. The molecule has 1 aliphatic heterocycles. The van der Waals surface area contributed by atoms with Gasteiger partial charge in [-0.05, 0) is 38.4 Å². The lowest BCUT2D eigenvalue weighted by molar-refractivity contribution is 0.0687. The molecule has 1 N–H and O–H groups in total. The van der Waals surface area contributed by atoms with Crippen LogP contribution in [0.4, 0.5) is 4.39 Å². The predicted molar refractivity (Wildman–Crippen MR) is 81.0 cm³/mol. The second-order valence-electron chi connectivity index (χ2n) is 5.13. The number of carbonyl (C=O) groups is 1. The number of amides is 1. The molecular formula is C15H22ClFN2O. The molecule has 5 heteroatoms. The molecule has 0 aliphatic carbocycles. The fourth-order valence-electron chi connectivity index (χ4n) is 2.55. The lowest BCUT2D eigenvalue weighted by Crippen LogP contribution is -2.42. The SMILES string of the molecule is CCCN(C(=O)c1cc(C)ccc1F)C1CCNC1.Cl. The maximum absolute atomic E-state index is 13.8.